The number of esters is 1. The van der Waals surface area contributed by atoms with Crippen LogP contribution in [0.25, 0.3) is 0 Å². The fourth-order valence-corrected chi connectivity index (χ4v) is 2.86. The summed E-state index contributed by atoms with van der Waals surface area (Å²) in [4.78, 5) is 37.6. The van der Waals surface area contributed by atoms with Gasteiger partial charge in [0.1, 0.15) is 17.5 Å². The molecule has 8 heteroatoms. The molecule has 0 aliphatic heterocycles. The maximum atomic E-state index is 12.9. The highest BCUT2D eigenvalue weighted by Gasteiger charge is 2.25. The quantitative estimate of drug-likeness (QED) is 0.594. The van der Waals surface area contributed by atoms with E-state index in [2.05, 4.69) is 10.6 Å². The SMILES string of the molecule is CCOC(=O)c1cccc(NC(=O)[C@@H](NC(=O)c2cc(OC)cc(OC)c2)C(C)C)c1. The van der Waals surface area contributed by atoms with Gasteiger partial charge in [-0.05, 0) is 43.2 Å². The Morgan fingerprint density at radius 3 is 2.13 bits per heavy atom. The zero-order valence-electron chi connectivity index (χ0n) is 18.4. The smallest absolute Gasteiger partial charge is 0.338 e. The first-order valence-electron chi connectivity index (χ1n) is 9.91. The van der Waals surface area contributed by atoms with Crippen molar-refractivity contribution in [2.45, 2.75) is 26.8 Å². The van der Waals surface area contributed by atoms with Crippen molar-refractivity contribution in [2.24, 2.45) is 5.92 Å². The van der Waals surface area contributed by atoms with Gasteiger partial charge in [0.15, 0.2) is 0 Å². The number of methoxy groups -OCH3 is 2. The largest absolute Gasteiger partial charge is 0.497 e. The summed E-state index contributed by atoms with van der Waals surface area (Å²) in [6.07, 6.45) is 0. The van der Waals surface area contributed by atoms with E-state index < -0.39 is 23.8 Å². The summed E-state index contributed by atoms with van der Waals surface area (Å²) in [5.74, 6) is -0.578. The fourth-order valence-electron chi connectivity index (χ4n) is 2.86. The van der Waals surface area contributed by atoms with Crippen molar-refractivity contribution in [1.82, 2.24) is 5.32 Å². The number of rotatable bonds is 9. The van der Waals surface area contributed by atoms with Gasteiger partial charge in [-0.2, -0.15) is 0 Å². The first kappa shape index (κ1) is 23.7. The van der Waals surface area contributed by atoms with Crippen LogP contribution in [0, 0.1) is 5.92 Å². The van der Waals surface area contributed by atoms with Gasteiger partial charge in [-0.3, -0.25) is 9.59 Å². The molecule has 0 aliphatic carbocycles. The summed E-state index contributed by atoms with van der Waals surface area (Å²) in [5.41, 5.74) is 1.06. The molecule has 0 bridgehead atoms. The molecule has 2 aromatic rings. The van der Waals surface area contributed by atoms with Crippen molar-refractivity contribution in [3.63, 3.8) is 0 Å². The molecule has 0 radical (unpaired) electrons. The number of carbonyl (C=O) groups is 3. The van der Waals surface area contributed by atoms with Crippen LogP contribution in [0.5, 0.6) is 11.5 Å². The van der Waals surface area contributed by atoms with Gasteiger partial charge in [-0.15, -0.1) is 0 Å². The number of ether oxygens (including phenoxy) is 3. The van der Waals surface area contributed by atoms with Crippen LogP contribution in [0.2, 0.25) is 0 Å². The van der Waals surface area contributed by atoms with Crippen molar-refractivity contribution in [3.05, 3.63) is 53.6 Å². The minimum atomic E-state index is -0.809. The van der Waals surface area contributed by atoms with Crippen LogP contribution in [-0.2, 0) is 9.53 Å². The third kappa shape index (κ3) is 6.47. The lowest BCUT2D eigenvalue weighted by atomic mass is 10.0. The van der Waals surface area contributed by atoms with E-state index in [1.54, 1.807) is 43.3 Å². The number of carbonyl (C=O) groups excluding carboxylic acids is 3. The third-order valence-electron chi connectivity index (χ3n) is 4.49. The summed E-state index contributed by atoms with van der Waals surface area (Å²) in [6, 6.07) is 10.4. The molecule has 0 spiro atoms. The molecular formula is C23H28N2O6. The van der Waals surface area contributed by atoms with Crippen LogP contribution >= 0.6 is 0 Å². The molecule has 2 aromatic carbocycles. The van der Waals surface area contributed by atoms with Gasteiger partial charge < -0.3 is 24.8 Å². The lowest BCUT2D eigenvalue weighted by Gasteiger charge is -2.22. The highest BCUT2D eigenvalue weighted by Crippen LogP contribution is 2.23. The molecule has 0 saturated carbocycles. The van der Waals surface area contributed by atoms with E-state index in [0.717, 1.165) is 0 Å². The van der Waals surface area contributed by atoms with Crippen LogP contribution in [0.4, 0.5) is 5.69 Å². The molecule has 2 N–H and O–H groups in total. The summed E-state index contributed by atoms with van der Waals surface area (Å²) >= 11 is 0. The first-order chi connectivity index (χ1) is 14.8. The second kappa shape index (κ2) is 11.0. The maximum Gasteiger partial charge on any atom is 0.338 e. The average molecular weight is 428 g/mol. The van der Waals surface area contributed by atoms with Crippen LogP contribution in [0.15, 0.2) is 42.5 Å². The van der Waals surface area contributed by atoms with E-state index in [0.29, 0.717) is 28.3 Å². The minimum Gasteiger partial charge on any atom is -0.497 e. The summed E-state index contributed by atoms with van der Waals surface area (Å²) < 4.78 is 15.4. The van der Waals surface area contributed by atoms with E-state index in [9.17, 15) is 14.4 Å². The zero-order valence-corrected chi connectivity index (χ0v) is 18.4. The highest BCUT2D eigenvalue weighted by atomic mass is 16.5. The monoisotopic (exact) mass is 428 g/mol. The topological polar surface area (TPSA) is 103 Å². The molecular weight excluding hydrogens is 400 g/mol. The second-order valence-corrected chi connectivity index (χ2v) is 7.09. The predicted molar refractivity (Wildman–Crippen MR) is 117 cm³/mol. The lowest BCUT2D eigenvalue weighted by Crippen LogP contribution is -2.47. The van der Waals surface area contributed by atoms with Crippen molar-refractivity contribution >= 4 is 23.5 Å². The normalized spacial score (nSPS) is 11.4. The van der Waals surface area contributed by atoms with Crippen molar-refractivity contribution in [1.29, 1.82) is 0 Å². The summed E-state index contributed by atoms with van der Waals surface area (Å²) in [6.45, 7) is 5.63. The van der Waals surface area contributed by atoms with Gasteiger partial charge in [0.25, 0.3) is 5.91 Å². The van der Waals surface area contributed by atoms with Gasteiger partial charge >= 0.3 is 5.97 Å². The maximum absolute atomic E-state index is 12.9. The van der Waals surface area contributed by atoms with Crippen LogP contribution < -0.4 is 20.1 Å². The number of anilines is 1. The number of benzene rings is 2. The zero-order chi connectivity index (χ0) is 23.0. The molecule has 8 nitrogen and oxygen atoms in total. The molecule has 166 valence electrons. The Morgan fingerprint density at radius 1 is 0.935 bits per heavy atom. The minimum absolute atomic E-state index is 0.190. The van der Waals surface area contributed by atoms with Crippen LogP contribution in [-0.4, -0.2) is 44.7 Å². The molecule has 0 unspecified atom stereocenters. The molecule has 0 fully saturated rings. The number of hydrogen-bond acceptors (Lipinski definition) is 6. The Morgan fingerprint density at radius 2 is 1.58 bits per heavy atom. The van der Waals surface area contributed by atoms with Gasteiger partial charge in [0, 0.05) is 17.3 Å². The molecule has 0 heterocycles. The Labute approximate surface area is 181 Å². The second-order valence-electron chi connectivity index (χ2n) is 7.09. The van der Waals surface area contributed by atoms with Crippen molar-refractivity contribution in [2.75, 3.05) is 26.1 Å². The molecule has 31 heavy (non-hydrogen) atoms. The fraction of sp³-hybridized carbons (Fsp3) is 0.348. The molecule has 0 aliphatic rings. The summed E-state index contributed by atoms with van der Waals surface area (Å²) in [5, 5.41) is 5.51. The van der Waals surface area contributed by atoms with Gasteiger partial charge in [-0.25, -0.2) is 4.79 Å². The van der Waals surface area contributed by atoms with Gasteiger partial charge in [-0.1, -0.05) is 19.9 Å². The molecule has 0 aromatic heterocycles. The van der Waals surface area contributed by atoms with E-state index in [-0.39, 0.29) is 12.5 Å². The number of hydrogen-bond donors (Lipinski definition) is 2. The predicted octanol–water partition coefficient (Wildman–Crippen LogP) is 3.27. The molecule has 2 amide bonds. The van der Waals surface area contributed by atoms with Crippen LogP contribution in [0.1, 0.15) is 41.5 Å². The average Bonchev–Trinajstić information content (AvgIpc) is 2.76. The van der Waals surface area contributed by atoms with E-state index in [1.807, 2.05) is 13.8 Å². The summed E-state index contributed by atoms with van der Waals surface area (Å²) in [7, 11) is 2.98. The molecule has 1 atom stereocenters. The lowest BCUT2D eigenvalue weighted by molar-refractivity contribution is -0.118. The highest BCUT2D eigenvalue weighted by molar-refractivity contribution is 6.02. The molecule has 0 saturated heterocycles. The van der Waals surface area contributed by atoms with Gasteiger partial charge in [0.2, 0.25) is 5.91 Å². The van der Waals surface area contributed by atoms with E-state index in [1.165, 1.54) is 20.3 Å². The standard InChI is InChI=1S/C23H28N2O6/c1-6-31-23(28)15-8-7-9-17(10-15)24-22(27)20(14(2)3)25-21(26)16-11-18(29-4)13-19(12-16)30-5/h7-14,20H,6H2,1-5H3,(H,24,27)(H,25,26)/t20-/m0/s1. The number of nitrogens with one attached hydrogen (secondary N) is 2. The Balaban J connectivity index is 2.17. The van der Waals surface area contributed by atoms with Crippen molar-refractivity contribution < 1.29 is 28.6 Å². The number of amides is 2. The van der Waals surface area contributed by atoms with E-state index in [4.69, 9.17) is 14.2 Å². The van der Waals surface area contributed by atoms with E-state index >= 15 is 0 Å². The Kier molecular flexibility index (Phi) is 8.43. The Hall–Kier alpha value is -3.55. The van der Waals surface area contributed by atoms with Crippen LogP contribution in [0.3, 0.4) is 0 Å². The molecule has 2 rings (SSSR count). The third-order valence-corrected chi connectivity index (χ3v) is 4.49. The Bertz CT molecular complexity index is 919. The van der Waals surface area contributed by atoms with Crippen molar-refractivity contribution in [3.8, 4) is 11.5 Å². The first-order valence-corrected chi connectivity index (χ1v) is 9.91. The van der Waals surface area contributed by atoms with Gasteiger partial charge in [0.05, 0.1) is 26.4 Å².